The number of nitrogens with zero attached hydrogens (tertiary/aromatic N) is 1. The molecule has 4 rings (SSSR count). The van der Waals surface area contributed by atoms with Crippen molar-refractivity contribution in [1.29, 1.82) is 0 Å². The molecule has 0 aliphatic carbocycles. The molecular weight excluding hydrogens is 450 g/mol. The highest BCUT2D eigenvalue weighted by molar-refractivity contribution is 9.10. The van der Waals surface area contributed by atoms with Gasteiger partial charge in [0.25, 0.3) is 0 Å². The maximum absolute atomic E-state index is 13.0. The van der Waals surface area contributed by atoms with E-state index in [0.29, 0.717) is 27.8 Å². The summed E-state index contributed by atoms with van der Waals surface area (Å²) < 4.78 is 16.9. The van der Waals surface area contributed by atoms with Crippen molar-refractivity contribution in [2.24, 2.45) is 0 Å². The highest BCUT2D eigenvalue weighted by Gasteiger charge is 2.20. The summed E-state index contributed by atoms with van der Waals surface area (Å²) >= 11 is 3.36. The van der Waals surface area contributed by atoms with E-state index in [1.54, 1.807) is 13.2 Å². The van der Waals surface area contributed by atoms with Crippen molar-refractivity contribution in [3.05, 3.63) is 85.8 Å². The Hall–Kier alpha value is -3.03. The first-order valence-corrected chi connectivity index (χ1v) is 10.0. The monoisotopic (exact) mass is 467 g/mol. The van der Waals surface area contributed by atoms with Crippen LogP contribution in [0.25, 0.3) is 21.9 Å². The Morgan fingerprint density at radius 3 is 2.70 bits per heavy atom. The lowest BCUT2D eigenvalue weighted by molar-refractivity contribution is 0.0467. The molecule has 0 bridgehead atoms. The molecule has 0 fully saturated rings. The van der Waals surface area contributed by atoms with Gasteiger partial charge in [0.05, 0.1) is 23.4 Å². The second-order valence-electron chi connectivity index (χ2n) is 6.82. The zero-order chi connectivity index (χ0) is 21.3. The average molecular weight is 468 g/mol. The fourth-order valence-electron chi connectivity index (χ4n) is 3.49. The van der Waals surface area contributed by atoms with Crippen molar-refractivity contribution in [2.45, 2.75) is 20.1 Å². The van der Waals surface area contributed by atoms with E-state index in [1.807, 2.05) is 43.3 Å². The normalized spacial score (nSPS) is 11.2. The molecule has 2 aromatic carbocycles. The Labute approximate surface area is 180 Å². The molecule has 0 aliphatic rings. The maximum atomic E-state index is 13.0. The summed E-state index contributed by atoms with van der Waals surface area (Å²) in [6.45, 7) is 1.98. The number of pyridine rings is 1. The number of halogens is 1. The summed E-state index contributed by atoms with van der Waals surface area (Å²) in [6.07, 6.45) is 0. The Morgan fingerprint density at radius 2 is 1.90 bits per heavy atom. The first-order valence-electron chi connectivity index (χ1n) is 9.24. The highest BCUT2D eigenvalue weighted by Crippen LogP contribution is 2.26. The van der Waals surface area contributed by atoms with Gasteiger partial charge >= 0.3 is 11.6 Å². The summed E-state index contributed by atoms with van der Waals surface area (Å²) in [6, 6.07) is 14.3. The molecule has 0 aliphatic heterocycles. The fourth-order valence-corrected chi connectivity index (χ4v) is 3.83. The number of carbonyl (C=O) groups is 1. The zero-order valence-corrected chi connectivity index (χ0v) is 18.0. The first kappa shape index (κ1) is 20.3. The number of benzene rings is 2. The quantitative estimate of drug-likeness (QED) is 0.306. The van der Waals surface area contributed by atoms with Gasteiger partial charge < -0.3 is 13.9 Å². The minimum absolute atomic E-state index is 0.0682. The van der Waals surface area contributed by atoms with Crippen LogP contribution in [0.15, 0.2) is 62.2 Å². The molecule has 0 spiro atoms. The van der Waals surface area contributed by atoms with E-state index in [-0.39, 0.29) is 13.2 Å². The van der Waals surface area contributed by atoms with Crippen molar-refractivity contribution < 1.29 is 18.7 Å². The van der Waals surface area contributed by atoms with Crippen LogP contribution in [0.1, 0.15) is 27.2 Å². The fraction of sp³-hybridized carbons (Fsp3) is 0.174. The van der Waals surface area contributed by atoms with E-state index in [1.165, 1.54) is 6.07 Å². The molecule has 0 amide bonds. The molecule has 2 heterocycles. The van der Waals surface area contributed by atoms with Gasteiger partial charge in [0, 0.05) is 34.0 Å². The summed E-state index contributed by atoms with van der Waals surface area (Å²) in [5.41, 5.74) is 2.95. The number of hydrogen-bond donors (Lipinski definition) is 0. The standard InChI is InChI=1S/C23H18BrNO5/c1-13-16-5-3-4-6-18(16)25-19(12-28-2)22(13)23(27)29-11-14-9-21(26)30-20-10-15(24)7-8-17(14)20/h3-10H,11-12H2,1-2H3. The molecule has 6 nitrogen and oxygen atoms in total. The van der Waals surface area contributed by atoms with Crippen LogP contribution in [0.5, 0.6) is 0 Å². The lowest BCUT2D eigenvalue weighted by atomic mass is 10.0. The number of aryl methyl sites for hydroxylation is 1. The van der Waals surface area contributed by atoms with Crippen LogP contribution in [0, 0.1) is 6.92 Å². The van der Waals surface area contributed by atoms with Crippen LogP contribution in [-0.2, 0) is 22.7 Å². The number of fused-ring (bicyclic) bond motifs is 2. The Kier molecular flexibility index (Phi) is 5.65. The Bertz CT molecular complexity index is 1330. The number of carbonyl (C=O) groups excluding carboxylic acids is 1. The minimum Gasteiger partial charge on any atom is -0.457 e. The molecule has 2 aromatic heterocycles. The number of aromatic nitrogens is 1. The molecule has 152 valence electrons. The van der Waals surface area contributed by atoms with Gasteiger partial charge in [-0.15, -0.1) is 0 Å². The number of esters is 1. The Morgan fingerprint density at radius 1 is 1.10 bits per heavy atom. The molecule has 0 unspecified atom stereocenters. The smallest absolute Gasteiger partial charge is 0.340 e. The number of para-hydroxylation sites is 1. The van der Waals surface area contributed by atoms with Crippen molar-refractivity contribution >= 4 is 43.8 Å². The first-order chi connectivity index (χ1) is 14.5. The van der Waals surface area contributed by atoms with E-state index >= 15 is 0 Å². The molecule has 0 saturated heterocycles. The van der Waals surface area contributed by atoms with Crippen LogP contribution in [0.3, 0.4) is 0 Å². The maximum Gasteiger partial charge on any atom is 0.340 e. The van der Waals surface area contributed by atoms with Crippen LogP contribution < -0.4 is 5.63 Å². The molecular formula is C23H18BrNO5. The lowest BCUT2D eigenvalue weighted by Gasteiger charge is -2.14. The largest absolute Gasteiger partial charge is 0.457 e. The van der Waals surface area contributed by atoms with E-state index in [4.69, 9.17) is 13.9 Å². The van der Waals surface area contributed by atoms with Crippen LogP contribution >= 0.6 is 15.9 Å². The Balaban J connectivity index is 1.71. The number of ether oxygens (including phenoxy) is 2. The molecule has 30 heavy (non-hydrogen) atoms. The number of rotatable bonds is 5. The molecule has 4 aromatic rings. The van der Waals surface area contributed by atoms with Crippen LogP contribution in [0.2, 0.25) is 0 Å². The summed E-state index contributed by atoms with van der Waals surface area (Å²) in [7, 11) is 1.55. The molecule has 7 heteroatoms. The number of hydrogen-bond acceptors (Lipinski definition) is 6. The van der Waals surface area contributed by atoms with Gasteiger partial charge in [-0.1, -0.05) is 34.1 Å². The van der Waals surface area contributed by atoms with Gasteiger partial charge in [-0.25, -0.2) is 14.6 Å². The molecule has 0 radical (unpaired) electrons. The van der Waals surface area contributed by atoms with Gasteiger partial charge in [0.15, 0.2) is 0 Å². The average Bonchev–Trinajstić information content (AvgIpc) is 2.72. The van der Waals surface area contributed by atoms with E-state index in [0.717, 1.165) is 20.9 Å². The van der Waals surface area contributed by atoms with Crippen molar-refractivity contribution in [3.8, 4) is 0 Å². The topological polar surface area (TPSA) is 78.6 Å². The molecule has 0 N–H and O–H groups in total. The van der Waals surface area contributed by atoms with Gasteiger partial charge in [0.2, 0.25) is 0 Å². The predicted octanol–water partition coefficient (Wildman–Crippen LogP) is 4.92. The summed E-state index contributed by atoms with van der Waals surface area (Å²) in [4.78, 5) is 29.5. The molecule has 0 saturated carbocycles. The summed E-state index contributed by atoms with van der Waals surface area (Å²) in [5.74, 6) is -0.517. The third kappa shape index (κ3) is 3.86. The van der Waals surface area contributed by atoms with Gasteiger partial charge in [-0.05, 0) is 36.8 Å². The number of methoxy groups -OCH3 is 1. The van der Waals surface area contributed by atoms with Gasteiger partial charge in [-0.2, -0.15) is 0 Å². The van der Waals surface area contributed by atoms with E-state index < -0.39 is 11.6 Å². The van der Waals surface area contributed by atoms with Crippen molar-refractivity contribution in [3.63, 3.8) is 0 Å². The van der Waals surface area contributed by atoms with Crippen LogP contribution in [0.4, 0.5) is 0 Å². The van der Waals surface area contributed by atoms with Crippen molar-refractivity contribution in [1.82, 2.24) is 4.98 Å². The molecule has 0 atom stereocenters. The summed E-state index contributed by atoms with van der Waals surface area (Å²) in [5, 5.41) is 1.58. The third-order valence-corrected chi connectivity index (χ3v) is 5.36. The zero-order valence-electron chi connectivity index (χ0n) is 16.4. The SMILES string of the molecule is COCc1nc2ccccc2c(C)c1C(=O)OCc1cc(=O)oc2cc(Br)ccc12. The minimum atomic E-state index is -0.517. The second-order valence-corrected chi connectivity index (χ2v) is 7.73. The van der Waals surface area contributed by atoms with Crippen molar-refractivity contribution in [2.75, 3.05) is 7.11 Å². The third-order valence-electron chi connectivity index (χ3n) is 4.86. The van der Waals surface area contributed by atoms with E-state index in [9.17, 15) is 9.59 Å². The lowest BCUT2D eigenvalue weighted by Crippen LogP contribution is -2.14. The van der Waals surface area contributed by atoms with Crippen LogP contribution in [-0.4, -0.2) is 18.1 Å². The van der Waals surface area contributed by atoms with E-state index in [2.05, 4.69) is 20.9 Å². The predicted molar refractivity (Wildman–Crippen MR) is 116 cm³/mol. The highest BCUT2D eigenvalue weighted by atomic mass is 79.9. The van der Waals surface area contributed by atoms with Gasteiger partial charge in [0.1, 0.15) is 12.2 Å². The van der Waals surface area contributed by atoms with Gasteiger partial charge in [-0.3, -0.25) is 0 Å². The second kappa shape index (κ2) is 8.38.